The second-order valence-corrected chi connectivity index (χ2v) is 12.3. The van der Waals surface area contributed by atoms with Gasteiger partial charge in [-0.15, -0.1) is 0 Å². The molecule has 0 radical (unpaired) electrons. The van der Waals surface area contributed by atoms with Crippen molar-refractivity contribution in [1.82, 2.24) is 41.5 Å². The maximum atomic E-state index is 13.3. The van der Waals surface area contributed by atoms with Crippen LogP contribution in [0.5, 0.6) is 0 Å². The lowest BCUT2D eigenvalue weighted by Gasteiger charge is -2.33. The molecule has 1 saturated heterocycles. The monoisotopic (exact) mass is 628 g/mol. The van der Waals surface area contributed by atoms with Crippen LogP contribution in [0.1, 0.15) is 63.0 Å². The number of carbonyl (C=O) groups is 5. The van der Waals surface area contributed by atoms with E-state index in [9.17, 15) is 24.0 Å². The van der Waals surface area contributed by atoms with Gasteiger partial charge in [-0.25, -0.2) is 9.78 Å². The molecule has 1 aromatic carbocycles. The molecule has 3 rings (SSSR count). The van der Waals surface area contributed by atoms with Crippen molar-refractivity contribution in [2.24, 2.45) is 5.41 Å². The van der Waals surface area contributed by atoms with Gasteiger partial charge in [-0.3, -0.25) is 24.2 Å². The van der Waals surface area contributed by atoms with Crippen LogP contribution in [0.2, 0.25) is 5.02 Å². The molecular weight excluding hydrogens is 588 g/mol. The fourth-order valence-electron chi connectivity index (χ4n) is 4.33. The second kappa shape index (κ2) is 16.0. The van der Waals surface area contributed by atoms with Crippen LogP contribution in [0, 0.1) is 5.41 Å². The maximum Gasteiger partial charge on any atom is 0.318 e. The number of benzene rings is 1. The standard InChI is InChI=1S/C30H41ClN8O5/c1-19(26(41)34-16-20-7-5-6-8-22(20)31)36-27(42)23(15-25(40)35-18-30(2,3)4)38-29(44)39-13-9-21(10-14-39)37-28(43)24-17-32-11-12-33-24/h5-8,11-12,17,19,21,23H,9-10,13-16,18H2,1-4H3,(H,34,41)(H,35,40)(H,36,42)(H,37,43)(H,38,44)/t19-,23-/m0/s1. The molecule has 1 aliphatic rings. The summed E-state index contributed by atoms with van der Waals surface area (Å²) in [4.78, 5) is 73.7. The lowest BCUT2D eigenvalue weighted by Crippen LogP contribution is -2.57. The summed E-state index contributed by atoms with van der Waals surface area (Å²) in [6, 6.07) is 4.21. The highest BCUT2D eigenvalue weighted by Crippen LogP contribution is 2.15. The zero-order chi connectivity index (χ0) is 32.3. The van der Waals surface area contributed by atoms with E-state index in [1.54, 1.807) is 24.3 Å². The molecule has 0 aliphatic carbocycles. The van der Waals surface area contributed by atoms with Gasteiger partial charge >= 0.3 is 6.03 Å². The lowest BCUT2D eigenvalue weighted by molar-refractivity contribution is -0.131. The smallest absolute Gasteiger partial charge is 0.318 e. The normalized spacial score (nSPS) is 15.0. The third-order valence-electron chi connectivity index (χ3n) is 6.90. The molecule has 0 saturated carbocycles. The van der Waals surface area contributed by atoms with Gasteiger partial charge < -0.3 is 31.5 Å². The summed E-state index contributed by atoms with van der Waals surface area (Å²) in [7, 11) is 0. The Morgan fingerprint density at radius 2 is 1.70 bits per heavy atom. The van der Waals surface area contributed by atoms with Crippen LogP contribution in [-0.2, 0) is 20.9 Å². The molecule has 44 heavy (non-hydrogen) atoms. The minimum atomic E-state index is -1.23. The van der Waals surface area contributed by atoms with E-state index in [2.05, 4.69) is 36.6 Å². The van der Waals surface area contributed by atoms with Crippen molar-refractivity contribution < 1.29 is 24.0 Å². The minimum Gasteiger partial charge on any atom is -0.355 e. The number of nitrogens with one attached hydrogen (secondary N) is 5. The van der Waals surface area contributed by atoms with E-state index in [1.165, 1.54) is 30.4 Å². The van der Waals surface area contributed by atoms with Crippen LogP contribution in [0.25, 0.3) is 0 Å². The number of piperidine rings is 1. The first-order valence-corrected chi connectivity index (χ1v) is 14.9. The highest BCUT2D eigenvalue weighted by molar-refractivity contribution is 6.31. The fraction of sp³-hybridized carbons (Fsp3) is 0.500. The molecule has 2 aromatic rings. The molecule has 0 spiro atoms. The molecule has 1 aromatic heterocycles. The van der Waals surface area contributed by atoms with E-state index in [1.807, 2.05) is 20.8 Å². The van der Waals surface area contributed by atoms with Crippen LogP contribution in [0.4, 0.5) is 4.79 Å². The number of likely N-dealkylation sites (tertiary alicyclic amines) is 1. The summed E-state index contributed by atoms with van der Waals surface area (Å²) in [5, 5.41) is 14.2. The van der Waals surface area contributed by atoms with Crippen LogP contribution in [-0.4, -0.2) is 82.3 Å². The quantitative estimate of drug-likeness (QED) is 0.252. The number of aromatic nitrogens is 2. The Labute approximate surface area is 262 Å². The van der Waals surface area contributed by atoms with Crippen molar-refractivity contribution in [2.75, 3.05) is 19.6 Å². The Morgan fingerprint density at radius 3 is 2.34 bits per heavy atom. The van der Waals surface area contributed by atoms with Crippen molar-refractivity contribution in [1.29, 1.82) is 0 Å². The predicted molar refractivity (Wildman–Crippen MR) is 164 cm³/mol. The number of urea groups is 1. The van der Waals surface area contributed by atoms with E-state index >= 15 is 0 Å². The molecule has 238 valence electrons. The predicted octanol–water partition coefficient (Wildman–Crippen LogP) is 1.78. The van der Waals surface area contributed by atoms with Gasteiger partial charge in [-0.2, -0.15) is 0 Å². The number of hydrogen-bond acceptors (Lipinski definition) is 7. The van der Waals surface area contributed by atoms with Gasteiger partial charge in [-0.1, -0.05) is 50.6 Å². The first-order chi connectivity index (χ1) is 20.8. The first kappa shape index (κ1) is 34.2. The van der Waals surface area contributed by atoms with Gasteiger partial charge in [0, 0.05) is 49.6 Å². The summed E-state index contributed by atoms with van der Waals surface area (Å²) >= 11 is 6.16. The molecule has 1 fully saturated rings. The number of carbonyl (C=O) groups excluding carboxylic acids is 5. The highest BCUT2D eigenvalue weighted by Gasteiger charge is 2.31. The molecule has 14 heteroatoms. The van der Waals surface area contributed by atoms with Crippen LogP contribution in [0.3, 0.4) is 0 Å². The van der Waals surface area contributed by atoms with Gasteiger partial charge in [0.2, 0.25) is 17.7 Å². The largest absolute Gasteiger partial charge is 0.355 e. The second-order valence-electron chi connectivity index (χ2n) is 11.9. The zero-order valence-corrected chi connectivity index (χ0v) is 26.2. The highest BCUT2D eigenvalue weighted by atomic mass is 35.5. The zero-order valence-electron chi connectivity index (χ0n) is 25.5. The molecular formula is C30H41ClN8O5. The number of halogens is 1. The van der Waals surface area contributed by atoms with Gasteiger partial charge in [0.25, 0.3) is 5.91 Å². The van der Waals surface area contributed by atoms with Crippen molar-refractivity contribution in [2.45, 2.75) is 71.6 Å². The van der Waals surface area contributed by atoms with Crippen molar-refractivity contribution in [3.05, 3.63) is 59.1 Å². The van der Waals surface area contributed by atoms with Gasteiger partial charge in [-0.05, 0) is 36.8 Å². The van der Waals surface area contributed by atoms with Crippen molar-refractivity contribution >= 4 is 41.3 Å². The average Bonchev–Trinajstić information content (AvgIpc) is 2.99. The van der Waals surface area contributed by atoms with Crippen LogP contribution in [0.15, 0.2) is 42.9 Å². The van der Waals surface area contributed by atoms with Crippen LogP contribution >= 0.6 is 11.6 Å². The average molecular weight is 629 g/mol. The summed E-state index contributed by atoms with van der Waals surface area (Å²) in [6.45, 7) is 8.58. The molecule has 5 N–H and O–H groups in total. The fourth-order valence-corrected chi connectivity index (χ4v) is 4.53. The Bertz CT molecular complexity index is 1310. The number of nitrogens with zero attached hydrogens (tertiary/aromatic N) is 3. The van der Waals surface area contributed by atoms with Gasteiger partial charge in [0.1, 0.15) is 17.8 Å². The van der Waals surface area contributed by atoms with Crippen LogP contribution < -0.4 is 26.6 Å². The van der Waals surface area contributed by atoms with E-state index in [0.717, 1.165) is 5.56 Å². The third-order valence-corrected chi connectivity index (χ3v) is 7.26. The van der Waals surface area contributed by atoms with E-state index in [-0.39, 0.29) is 36.0 Å². The summed E-state index contributed by atoms with van der Waals surface area (Å²) in [6.07, 6.45) is 4.96. The number of rotatable bonds is 11. The maximum absolute atomic E-state index is 13.3. The molecule has 13 nitrogen and oxygen atoms in total. The van der Waals surface area contributed by atoms with Gasteiger partial charge in [0.05, 0.1) is 12.6 Å². The molecule has 0 bridgehead atoms. The first-order valence-electron chi connectivity index (χ1n) is 14.5. The van der Waals surface area contributed by atoms with Crippen molar-refractivity contribution in [3.8, 4) is 0 Å². The molecule has 6 amide bonds. The summed E-state index contributed by atoms with van der Waals surface area (Å²) < 4.78 is 0. The summed E-state index contributed by atoms with van der Waals surface area (Å²) in [5.41, 5.74) is 0.745. The Balaban J connectivity index is 1.57. The number of amides is 6. The molecule has 1 aliphatic heterocycles. The summed E-state index contributed by atoms with van der Waals surface area (Å²) in [5.74, 6) is -1.88. The molecule has 2 heterocycles. The van der Waals surface area contributed by atoms with Crippen molar-refractivity contribution in [3.63, 3.8) is 0 Å². The third kappa shape index (κ3) is 11.1. The van der Waals surface area contributed by atoms with E-state index in [4.69, 9.17) is 11.6 Å². The van der Waals surface area contributed by atoms with E-state index in [0.29, 0.717) is 37.5 Å². The Hall–Kier alpha value is -4.26. The lowest BCUT2D eigenvalue weighted by atomic mass is 9.97. The Kier molecular flexibility index (Phi) is 12.4. The molecule has 2 atom stereocenters. The number of hydrogen-bond donors (Lipinski definition) is 5. The minimum absolute atomic E-state index is 0.166. The molecule has 0 unspecified atom stereocenters. The topological polar surface area (TPSA) is 175 Å². The SMILES string of the molecule is C[C@H](NC(=O)[C@H](CC(=O)NCC(C)(C)C)NC(=O)N1CCC(NC(=O)c2cnccn2)CC1)C(=O)NCc1ccccc1Cl. The Morgan fingerprint density at radius 1 is 1.00 bits per heavy atom. The van der Waals surface area contributed by atoms with Gasteiger partial charge in [0.15, 0.2) is 0 Å². The van der Waals surface area contributed by atoms with E-state index < -0.39 is 35.8 Å².